The number of carboxylic acids is 1. The number of thioether (sulfide) groups is 1. The summed E-state index contributed by atoms with van der Waals surface area (Å²) in [7, 11) is 0. The number of carbonyl (C=O) groups is 1. The normalized spacial score (nSPS) is 11.0. The number of hydrogen-bond donors (Lipinski definition) is 1. The lowest BCUT2D eigenvalue weighted by Gasteiger charge is -2.10. The molecule has 7 heteroatoms. The van der Waals surface area contributed by atoms with E-state index in [9.17, 15) is 18.0 Å². The molecule has 0 unspecified atom stereocenters. The summed E-state index contributed by atoms with van der Waals surface area (Å²) in [6.45, 7) is 1.29. The number of carboxylic acid groups (broad SMARTS) is 1. The van der Waals surface area contributed by atoms with Gasteiger partial charge in [0.25, 0.3) is 0 Å². The van der Waals surface area contributed by atoms with E-state index in [2.05, 4.69) is 0 Å². The largest absolute Gasteiger partial charge is 0.478 e. The van der Waals surface area contributed by atoms with Crippen LogP contribution in [0.15, 0.2) is 17.0 Å². The summed E-state index contributed by atoms with van der Waals surface area (Å²) in [4.78, 5) is 10.6. The van der Waals surface area contributed by atoms with Gasteiger partial charge in [0.1, 0.15) is 6.07 Å². The Morgan fingerprint density at radius 1 is 1.47 bits per heavy atom. The zero-order chi connectivity index (χ0) is 13.2. The third-order valence-corrected chi connectivity index (χ3v) is 2.88. The molecule has 1 rings (SSSR count). The molecule has 1 N–H and O–H groups in total. The Bertz CT molecular complexity index is 505. The molecular weight excluding hydrogens is 255 g/mol. The fourth-order valence-corrected chi connectivity index (χ4v) is 1.89. The fraction of sp³-hybridized carbons (Fsp3) is 0.200. The molecule has 0 saturated carbocycles. The second-order valence-electron chi connectivity index (χ2n) is 3.08. The van der Waals surface area contributed by atoms with E-state index < -0.39 is 11.5 Å². The van der Waals surface area contributed by atoms with Gasteiger partial charge < -0.3 is 5.11 Å². The highest BCUT2D eigenvalue weighted by atomic mass is 32.2. The number of aromatic carboxylic acids is 1. The average molecular weight is 261 g/mol. The summed E-state index contributed by atoms with van der Waals surface area (Å²) in [6.07, 6.45) is 0. The third kappa shape index (κ3) is 3.14. The molecule has 3 nitrogen and oxygen atoms in total. The number of hydrogen-bond acceptors (Lipinski definition) is 3. The van der Waals surface area contributed by atoms with Crippen LogP contribution in [0.3, 0.4) is 0 Å². The standard InChI is InChI=1S/C10H6F3NO2S/c1-5-7(4-14)6(9(15)16)2-3-8(5)17-10(11,12)13/h2-3H,1H3,(H,15,16). The van der Waals surface area contributed by atoms with Crippen LogP contribution >= 0.6 is 11.8 Å². The van der Waals surface area contributed by atoms with Crippen molar-refractivity contribution >= 4 is 17.7 Å². The van der Waals surface area contributed by atoms with Crippen molar-refractivity contribution in [3.63, 3.8) is 0 Å². The van der Waals surface area contributed by atoms with Gasteiger partial charge in [0.05, 0.1) is 11.1 Å². The maximum absolute atomic E-state index is 12.2. The van der Waals surface area contributed by atoms with E-state index in [1.165, 1.54) is 6.92 Å². The van der Waals surface area contributed by atoms with Gasteiger partial charge in [-0.2, -0.15) is 18.4 Å². The number of benzene rings is 1. The topological polar surface area (TPSA) is 61.1 Å². The molecule has 0 saturated heterocycles. The van der Waals surface area contributed by atoms with Crippen LogP contribution in [0.1, 0.15) is 21.5 Å². The minimum atomic E-state index is -4.47. The minimum Gasteiger partial charge on any atom is -0.478 e. The summed E-state index contributed by atoms with van der Waals surface area (Å²) in [6, 6.07) is 3.67. The molecule has 0 bridgehead atoms. The van der Waals surface area contributed by atoms with Gasteiger partial charge in [0.2, 0.25) is 0 Å². The van der Waals surface area contributed by atoms with E-state index in [1.807, 2.05) is 0 Å². The summed E-state index contributed by atoms with van der Waals surface area (Å²) < 4.78 is 36.5. The predicted molar refractivity (Wildman–Crippen MR) is 54.8 cm³/mol. The quantitative estimate of drug-likeness (QED) is 0.830. The molecular formula is C10H6F3NO2S. The van der Waals surface area contributed by atoms with Crippen molar-refractivity contribution in [2.24, 2.45) is 0 Å². The van der Waals surface area contributed by atoms with E-state index >= 15 is 0 Å². The Kier molecular flexibility index (Phi) is 3.68. The molecule has 0 spiro atoms. The molecule has 0 heterocycles. The van der Waals surface area contributed by atoms with Crippen LogP contribution in [0.5, 0.6) is 0 Å². The summed E-state index contributed by atoms with van der Waals surface area (Å²) in [5, 5.41) is 17.5. The zero-order valence-corrected chi connectivity index (χ0v) is 9.32. The van der Waals surface area contributed by atoms with Crippen molar-refractivity contribution in [1.29, 1.82) is 5.26 Å². The van der Waals surface area contributed by atoms with Crippen molar-refractivity contribution < 1.29 is 23.1 Å². The first kappa shape index (κ1) is 13.4. The molecule has 0 amide bonds. The van der Waals surface area contributed by atoms with Crippen LogP contribution in [0.25, 0.3) is 0 Å². The Morgan fingerprint density at radius 2 is 2.06 bits per heavy atom. The van der Waals surface area contributed by atoms with E-state index in [0.29, 0.717) is 0 Å². The average Bonchev–Trinajstić information content (AvgIpc) is 2.18. The first-order valence-electron chi connectivity index (χ1n) is 4.29. The fourth-order valence-electron chi connectivity index (χ4n) is 1.25. The highest BCUT2D eigenvalue weighted by Crippen LogP contribution is 2.39. The highest BCUT2D eigenvalue weighted by molar-refractivity contribution is 8.00. The highest BCUT2D eigenvalue weighted by Gasteiger charge is 2.31. The lowest BCUT2D eigenvalue weighted by Crippen LogP contribution is -2.05. The maximum Gasteiger partial charge on any atom is 0.446 e. The van der Waals surface area contributed by atoms with Crippen molar-refractivity contribution in [2.45, 2.75) is 17.3 Å². The molecule has 1 aromatic rings. The molecule has 0 atom stereocenters. The second-order valence-corrected chi connectivity index (χ2v) is 4.18. The Morgan fingerprint density at radius 3 is 2.47 bits per heavy atom. The summed E-state index contributed by atoms with van der Waals surface area (Å²) in [5.74, 6) is -1.34. The molecule has 0 aliphatic heterocycles. The number of halogens is 3. The minimum absolute atomic E-state index is 0.0229. The Balaban J connectivity index is 3.32. The second kappa shape index (κ2) is 4.67. The van der Waals surface area contributed by atoms with Gasteiger partial charge in [-0.05, 0) is 36.4 Å². The Hall–Kier alpha value is -1.68. The van der Waals surface area contributed by atoms with Gasteiger partial charge in [-0.3, -0.25) is 0 Å². The number of nitrogens with zero attached hydrogens (tertiary/aromatic N) is 1. The van der Waals surface area contributed by atoms with Gasteiger partial charge in [0.15, 0.2) is 0 Å². The first-order chi connectivity index (χ1) is 7.76. The van der Waals surface area contributed by atoms with E-state index in [0.717, 1.165) is 12.1 Å². The molecule has 0 aliphatic rings. The smallest absolute Gasteiger partial charge is 0.446 e. The van der Waals surface area contributed by atoms with Gasteiger partial charge in [-0.15, -0.1) is 0 Å². The lowest BCUT2D eigenvalue weighted by atomic mass is 10.0. The predicted octanol–water partition coefficient (Wildman–Crippen LogP) is 3.18. The molecule has 90 valence electrons. The van der Waals surface area contributed by atoms with Gasteiger partial charge in [-0.1, -0.05) is 0 Å². The van der Waals surface area contributed by atoms with Crippen LogP contribution in [-0.2, 0) is 0 Å². The van der Waals surface area contributed by atoms with E-state index in [1.54, 1.807) is 6.07 Å². The van der Waals surface area contributed by atoms with Crippen LogP contribution in [0, 0.1) is 18.3 Å². The van der Waals surface area contributed by atoms with Gasteiger partial charge >= 0.3 is 11.5 Å². The van der Waals surface area contributed by atoms with Crippen molar-refractivity contribution in [1.82, 2.24) is 0 Å². The molecule has 0 radical (unpaired) electrons. The van der Waals surface area contributed by atoms with Crippen molar-refractivity contribution in [3.8, 4) is 6.07 Å². The van der Waals surface area contributed by atoms with Crippen molar-refractivity contribution in [3.05, 3.63) is 28.8 Å². The van der Waals surface area contributed by atoms with Crippen LogP contribution in [0.4, 0.5) is 13.2 Å². The SMILES string of the molecule is Cc1c(SC(F)(F)F)ccc(C(=O)O)c1C#N. The third-order valence-electron chi connectivity index (χ3n) is 1.98. The van der Waals surface area contributed by atoms with Gasteiger partial charge in [-0.25, -0.2) is 4.79 Å². The molecule has 0 fully saturated rings. The van der Waals surface area contributed by atoms with Gasteiger partial charge in [0, 0.05) is 4.90 Å². The first-order valence-corrected chi connectivity index (χ1v) is 5.10. The van der Waals surface area contributed by atoms with E-state index in [-0.39, 0.29) is 33.3 Å². The van der Waals surface area contributed by atoms with Crippen LogP contribution < -0.4 is 0 Å². The number of rotatable bonds is 2. The Labute approximate surface area is 98.9 Å². The summed E-state index contributed by atoms with van der Waals surface area (Å²) >= 11 is -0.367. The molecule has 0 aromatic heterocycles. The molecule has 1 aromatic carbocycles. The van der Waals surface area contributed by atoms with Crippen LogP contribution in [0.2, 0.25) is 0 Å². The van der Waals surface area contributed by atoms with Crippen molar-refractivity contribution in [2.75, 3.05) is 0 Å². The zero-order valence-electron chi connectivity index (χ0n) is 8.50. The van der Waals surface area contributed by atoms with Crippen LogP contribution in [-0.4, -0.2) is 16.6 Å². The van der Waals surface area contributed by atoms with E-state index in [4.69, 9.17) is 10.4 Å². The monoisotopic (exact) mass is 261 g/mol. The molecule has 17 heavy (non-hydrogen) atoms. The number of nitriles is 1. The maximum atomic E-state index is 12.2. The summed E-state index contributed by atoms with van der Waals surface area (Å²) in [5.41, 5.74) is -4.99. The number of alkyl halides is 3. The molecule has 0 aliphatic carbocycles. The lowest BCUT2D eigenvalue weighted by molar-refractivity contribution is -0.0328.